The molecular weight excluding hydrogens is 272 g/mol. The fourth-order valence-corrected chi connectivity index (χ4v) is 2.91. The molecule has 2 N–H and O–H groups in total. The quantitative estimate of drug-likeness (QED) is 0.761. The first-order valence-electron chi connectivity index (χ1n) is 7.57. The van der Waals surface area contributed by atoms with Crippen molar-refractivity contribution in [1.82, 2.24) is 10.2 Å². The van der Waals surface area contributed by atoms with Crippen molar-refractivity contribution in [2.45, 2.75) is 45.6 Å². The molecule has 0 bridgehead atoms. The van der Waals surface area contributed by atoms with E-state index < -0.39 is 17.4 Å². The van der Waals surface area contributed by atoms with Crippen LogP contribution < -0.4 is 5.32 Å². The van der Waals surface area contributed by atoms with E-state index in [0.717, 1.165) is 12.8 Å². The molecule has 118 valence electrons. The Morgan fingerprint density at radius 3 is 2.52 bits per heavy atom. The molecule has 0 aromatic carbocycles. The number of rotatable bonds is 6. The van der Waals surface area contributed by atoms with Crippen molar-refractivity contribution in [2.24, 2.45) is 17.8 Å². The topological polar surface area (TPSA) is 86.7 Å². The summed E-state index contributed by atoms with van der Waals surface area (Å²) in [5.41, 5.74) is -1.20. The van der Waals surface area contributed by atoms with Crippen molar-refractivity contribution in [2.75, 3.05) is 13.1 Å². The Morgan fingerprint density at radius 2 is 2.05 bits per heavy atom. The van der Waals surface area contributed by atoms with Gasteiger partial charge in [-0.1, -0.05) is 13.8 Å². The highest BCUT2D eigenvalue weighted by Crippen LogP contribution is 2.40. The highest BCUT2D eigenvalue weighted by Gasteiger charge is 2.49. The van der Waals surface area contributed by atoms with Gasteiger partial charge in [0.15, 0.2) is 0 Å². The van der Waals surface area contributed by atoms with Crippen LogP contribution in [0.5, 0.6) is 0 Å². The summed E-state index contributed by atoms with van der Waals surface area (Å²) < 4.78 is 0. The Bertz CT molecular complexity index is 459. The zero-order valence-electron chi connectivity index (χ0n) is 12.9. The number of hydrogen-bond acceptors (Lipinski definition) is 3. The number of carboxylic acid groups (broad SMARTS) is 1. The lowest BCUT2D eigenvalue weighted by molar-refractivity contribution is -0.148. The zero-order chi connectivity index (χ0) is 15.8. The molecule has 2 atom stereocenters. The molecule has 2 fully saturated rings. The van der Waals surface area contributed by atoms with Crippen molar-refractivity contribution in [3.8, 4) is 0 Å². The number of nitrogens with zero attached hydrogens (tertiary/aromatic N) is 1. The van der Waals surface area contributed by atoms with E-state index in [2.05, 4.69) is 5.32 Å². The summed E-state index contributed by atoms with van der Waals surface area (Å²) >= 11 is 0. The molecule has 21 heavy (non-hydrogen) atoms. The molecule has 0 aromatic rings. The number of carbonyl (C=O) groups is 3. The maximum absolute atomic E-state index is 12.3. The lowest BCUT2D eigenvalue weighted by atomic mass is 9.94. The summed E-state index contributed by atoms with van der Waals surface area (Å²) in [4.78, 5) is 37.4. The molecule has 1 aliphatic carbocycles. The molecule has 1 saturated carbocycles. The van der Waals surface area contributed by atoms with Gasteiger partial charge in [-0.05, 0) is 31.6 Å². The smallest absolute Gasteiger partial charge is 0.329 e. The average Bonchev–Trinajstić information content (AvgIpc) is 3.15. The van der Waals surface area contributed by atoms with E-state index in [1.807, 2.05) is 13.8 Å². The summed E-state index contributed by atoms with van der Waals surface area (Å²) in [6, 6.07) is 0. The number of carbonyl (C=O) groups excluding carboxylic acids is 2. The van der Waals surface area contributed by atoms with Crippen LogP contribution in [0.2, 0.25) is 0 Å². The van der Waals surface area contributed by atoms with Crippen molar-refractivity contribution >= 4 is 17.8 Å². The predicted molar refractivity (Wildman–Crippen MR) is 76.4 cm³/mol. The normalized spacial score (nSPS) is 25.0. The Kier molecular flexibility index (Phi) is 4.25. The monoisotopic (exact) mass is 296 g/mol. The summed E-state index contributed by atoms with van der Waals surface area (Å²) in [6.45, 7) is 6.64. The minimum atomic E-state index is -1.20. The lowest BCUT2D eigenvalue weighted by Gasteiger charge is -2.27. The van der Waals surface area contributed by atoms with Gasteiger partial charge >= 0.3 is 5.97 Å². The number of carboxylic acids is 1. The minimum absolute atomic E-state index is 0.00261. The van der Waals surface area contributed by atoms with Gasteiger partial charge < -0.3 is 15.3 Å². The first-order valence-corrected chi connectivity index (χ1v) is 7.57. The molecule has 1 aliphatic heterocycles. The third-order valence-corrected chi connectivity index (χ3v) is 4.39. The van der Waals surface area contributed by atoms with Crippen LogP contribution in [0.15, 0.2) is 0 Å². The highest BCUT2D eigenvalue weighted by atomic mass is 16.4. The minimum Gasteiger partial charge on any atom is -0.480 e. The number of hydrogen-bond donors (Lipinski definition) is 2. The van der Waals surface area contributed by atoms with Crippen molar-refractivity contribution in [1.29, 1.82) is 0 Å². The molecule has 0 radical (unpaired) electrons. The maximum Gasteiger partial charge on any atom is 0.329 e. The summed E-state index contributed by atoms with van der Waals surface area (Å²) in [7, 11) is 0. The molecule has 6 nitrogen and oxygen atoms in total. The molecule has 2 unspecified atom stereocenters. The van der Waals surface area contributed by atoms with Crippen LogP contribution in [-0.2, 0) is 14.4 Å². The van der Waals surface area contributed by atoms with Crippen molar-refractivity contribution in [3.05, 3.63) is 0 Å². The molecule has 6 heteroatoms. The van der Waals surface area contributed by atoms with E-state index in [4.69, 9.17) is 0 Å². The van der Waals surface area contributed by atoms with Crippen molar-refractivity contribution in [3.63, 3.8) is 0 Å². The third-order valence-electron chi connectivity index (χ3n) is 4.39. The number of nitrogens with one attached hydrogen (secondary N) is 1. The van der Waals surface area contributed by atoms with E-state index in [-0.39, 0.29) is 24.2 Å². The van der Waals surface area contributed by atoms with Gasteiger partial charge in [-0.2, -0.15) is 0 Å². The van der Waals surface area contributed by atoms with E-state index in [1.165, 1.54) is 0 Å². The Balaban J connectivity index is 1.98. The lowest BCUT2D eigenvalue weighted by Crippen LogP contribution is -2.55. The van der Waals surface area contributed by atoms with Gasteiger partial charge in [0.1, 0.15) is 5.54 Å². The summed E-state index contributed by atoms with van der Waals surface area (Å²) in [5.74, 6) is -1.41. The fraction of sp³-hybridized carbons (Fsp3) is 0.800. The van der Waals surface area contributed by atoms with Gasteiger partial charge in [0.2, 0.25) is 11.8 Å². The first kappa shape index (κ1) is 15.8. The van der Waals surface area contributed by atoms with Crippen LogP contribution >= 0.6 is 0 Å². The third kappa shape index (κ3) is 3.36. The first-order chi connectivity index (χ1) is 9.74. The van der Waals surface area contributed by atoms with E-state index in [9.17, 15) is 19.5 Å². The Morgan fingerprint density at radius 1 is 1.43 bits per heavy atom. The fourth-order valence-electron chi connectivity index (χ4n) is 2.91. The molecule has 2 amide bonds. The van der Waals surface area contributed by atoms with Gasteiger partial charge in [-0.15, -0.1) is 0 Å². The second-order valence-corrected chi connectivity index (χ2v) is 6.86. The van der Waals surface area contributed by atoms with Crippen LogP contribution in [0.3, 0.4) is 0 Å². The van der Waals surface area contributed by atoms with Crippen molar-refractivity contribution < 1.29 is 19.5 Å². The molecule has 1 heterocycles. The summed E-state index contributed by atoms with van der Waals surface area (Å²) in [5, 5.41) is 12.0. The highest BCUT2D eigenvalue weighted by molar-refractivity contribution is 5.92. The van der Waals surface area contributed by atoms with Crippen LogP contribution in [0, 0.1) is 17.8 Å². The van der Waals surface area contributed by atoms with Crippen LogP contribution in [0.1, 0.15) is 40.0 Å². The Hall–Kier alpha value is -1.59. The van der Waals surface area contributed by atoms with Crippen LogP contribution in [0.4, 0.5) is 0 Å². The molecule has 2 rings (SSSR count). The zero-order valence-corrected chi connectivity index (χ0v) is 12.9. The predicted octanol–water partition coefficient (Wildman–Crippen LogP) is 0.860. The van der Waals surface area contributed by atoms with Gasteiger partial charge in [-0.25, -0.2) is 4.79 Å². The van der Waals surface area contributed by atoms with Gasteiger partial charge in [0, 0.05) is 19.5 Å². The van der Waals surface area contributed by atoms with E-state index in [0.29, 0.717) is 19.0 Å². The van der Waals surface area contributed by atoms with E-state index >= 15 is 0 Å². The molecule has 1 saturated heterocycles. The number of likely N-dealkylation sites (tertiary alicyclic amines) is 1. The van der Waals surface area contributed by atoms with Gasteiger partial charge in [0.25, 0.3) is 0 Å². The molecule has 0 spiro atoms. The number of aliphatic carboxylic acids is 1. The standard InChI is InChI=1S/C15H24N2O4/c1-9(2)7-17-8-10(6-12(17)18)13(19)16-15(3,14(20)21)11-4-5-11/h9-11H,4-8H2,1-3H3,(H,16,19)(H,20,21). The van der Waals surface area contributed by atoms with E-state index in [1.54, 1.807) is 11.8 Å². The Labute approximate surface area is 124 Å². The SMILES string of the molecule is CC(C)CN1CC(C(=O)NC(C)(C(=O)O)C2CC2)CC1=O. The maximum atomic E-state index is 12.3. The van der Waals surface area contributed by atoms with Gasteiger partial charge in [0.05, 0.1) is 5.92 Å². The van der Waals surface area contributed by atoms with Gasteiger partial charge in [-0.3, -0.25) is 9.59 Å². The molecule has 2 aliphatic rings. The van der Waals surface area contributed by atoms with Crippen LogP contribution in [0.25, 0.3) is 0 Å². The summed E-state index contributed by atoms with van der Waals surface area (Å²) in [6.07, 6.45) is 1.83. The molecule has 0 aromatic heterocycles. The number of amides is 2. The second kappa shape index (κ2) is 5.66. The van der Waals surface area contributed by atoms with Crippen LogP contribution in [-0.4, -0.2) is 46.4 Å². The largest absolute Gasteiger partial charge is 0.480 e. The molecular formula is C15H24N2O4. The average molecular weight is 296 g/mol. The second-order valence-electron chi connectivity index (χ2n) is 6.86.